The van der Waals surface area contributed by atoms with Crippen LogP contribution in [0.5, 0.6) is 11.5 Å². The van der Waals surface area contributed by atoms with Gasteiger partial charge in [-0.05, 0) is 31.9 Å². The minimum atomic E-state index is 0.402. The average Bonchev–Trinajstić information content (AvgIpc) is 3.08. The van der Waals surface area contributed by atoms with Gasteiger partial charge in [0.1, 0.15) is 20.8 Å². The first kappa shape index (κ1) is 32.0. The van der Waals surface area contributed by atoms with Crippen molar-refractivity contribution in [3.63, 3.8) is 0 Å². The van der Waals surface area contributed by atoms with E-state index < -0.39 is 0 Å². The fourth-order valence-electron chi connectivity index (χ4n) is 2.19. The van der Waals surface area contributed by atoms with Crippen molar-refractivity contribution < 1.29 is 37.9 Å². The van der Waals surface area contributed by atoms with Crippen molar-refractivity contribution >= 4 is 75.1 Å². The standard InChI is InChI=1S/C20H32Br4O8S/c21-1-3-25-5-7-27-9-11-29-13-15-31-17-18(20(24)33-19(17)23)32-16-14-30-12-10-28-8-6-26-4-2-22/h1-16H2. The van der Waals surface area contributed by atoms with E-state index in [4.69, 9.17) is 37.9 Å². The van der Waals surface area contributed by atoms with E-state index in [1.165, 1.54) is 11.3 Å². The SMILES string of the molecule is BrCCOCCOCCOCCOc1c(Br)sc(Br)c1OCCOCCOCCOCCBr. The van der Waals surface area contributed by atoms with Crippen LogP contribution in [0.25, 0.3) is 0 Å². The van der Waals surface area contributed by atoms with Gasteiger partial charge < -0.3 is 37.9 Å². The van der Waals surface area contributed by atoms with Crippen LogP contribution in [-0.2, 0) is 28.4 Å². The van der Waals surface area contributed by atoms with Crippen molar-refractivity contribution in [1.29, 1.82) is 0 Å². The summed E-state index contributed by atoms with van der Waals surface area (Å²) in [7, 11) is 0. The van der Waals surface area contributed by atoms with E-state index >= 15 is 0 Å². The molecule has 33 heavy (non-hydrogen) atoms. The molecule has 1 rings (SSSR count). The Labute approximate surface area is 233 Å². The van der Waals surface area contributed by atoms with Gasteiger partial charge in [0.2, 0.25) is 0 Å². The molecule has 8 nitrogen and oxygen atoms in total. The first-order valence-electron chi connectivity index (χ1n) is 10.5. The molecule has 0 aliphatic carbocycles. The van der Waals surface area contributed by atoms with Crippen LogP contribution in [0.15, 0.2) is 7.57 Å². The van der Waals surface area contributed by atoms with Crippen LogP contribution in [-0.4, -0.2) is 103 Å². The number of hydrogen-bond donors (Lipinski definition) is 0. The molecule has 0 saturated heterocycles. The topological polar surface area (TPSA) is 73.8 Å². The number of rotatable bonds is 24. The van der Waals surface area contributed by atoms with Crippen molar-refractivity contribution in [2.24, 2.45) is 0 Å². The second kappa shape index (κ2) is 23.4. The predicted molar refractivity (Wildman–Crippen MR) is 143 cm³/mol. The number of thiophene rings is 1. The Balaban J connectivity index is 2.08. The summed E-state index contributed by atoms with van der Waals surface area (Å²) in [6, 6.07) is 0. The van der Waals surface area contributed by atoms with Crippen LogP contribution in [0.2, 0.25) is 0 Å². The third-order valence-electron chi connectivity index (χ3n) is 3.62. The van der Waals surface area contributed by atoms with Crippen LogP contribution in [0.3, 0.4) is 0 Å². The lowest BCUT2D eigenvalue weighted by molar-refractivity contribution is 0.0102. The second-order valence-electron chi connectivity index (χ2n) is 6.06. The first-order valence-corrected chi connectivity index (χ1v) is 15.2. The van der Waals surface area contributed by atoms with Crippen LogP contribution in [0.4, 0.5) is 0 Å². The van der Waals surface area contributed by atoms with Gasteiger partial charge in [0.05, 0.1) is 79.3 Å². The van der Waals surface area contributed by atoms with Gasteiger partial charge in [-0.3, -0.25) is 0 Å². The van der Waals surface area contributed by atoms with Gasteiger partial charge in [-0.25, -0.2) is 0 Å². The van der Waals surface area contributed by atoms with Gasteiger partial charge in [0.15, 0.2) is 11.5 Å². The highest BCUT2D eigenvalue weighted by Crippen LogP contribution is 2.48. The van der Waals surface area contributed by atoms with Crippen LogP contribution in [0, 0.1) is 0 Å². The average molecular weight is 752 g/mol. The van der Waals surface area contributed by atoms with Gasteiger partial charge in [0.25, 0.3) is 0 Å². The zero-order chi connectivity index (χ0) is 24.0. The Bertz CT molecular complexity index is 536. The summed E-state index contributed by atoms with van der Waals surface area (Å²) in [6.07, 6.45) is 0. The third kappa shape index (κ3) is 17.1. The normalized spacial score (nSPS) is 11.3. The van der Waals surface area contributed by atoms with Crippen LogP contribution >= 0.6 is 75.1 Å². The van der Waals surface area contributed by atoms with Gasteiger partial charge in [-0.15, -0.1) is 11.3 Å². The zero-order valence-electron chi connectivity index (χ0n) is 18.5. The van der Waals surface area contributed by atoms with Crippen molar-refractivity contribution in [2.45, 2.75) is 0 Å². The molecular formula is C20H32Br4O8S. The van der Waals surface area contributed by atoms with Crippen LogP contribution < -0.4 is 9.47 Å². The van der Waals surface area contributed by atoms with Crippen molar-refractivity contribution in [1.82, 2.24) is 0 Å². The summed E-state index contributed by atoms with van der Waals surface area (Å²) in [4.78, 5) is 0. The Morgan fingerprint density at radius 1 is 0.424 bits per heavy atom. The molecule has 0 aromatic carbocycles. The quantitative estimate of drug-likeness (QED) is 0.109. The lowest BCUT2D eigenvalue weighted by atomic mass is 10.5. The van der Waals surface area contributed by atoms with Gasteiger partial charge in [-0.2, -0.15) is 0 Å². The molecule has 1 aromatic heterocycles. The maximum atomic E-state index is 5.85. The molecule has 0 aliphatic rings. The summed E-state index contributed by atoms with van der Waals surface area (Å²) in [5.74, 6) is 1.31. The minimum Gasteiger partial charge on any atom is -0.485 e. The lowest BCUT2D eigenvalue weighted by Gasteiger charge is -2.11. The highest BCUT2D eigenvalue weighted by atomic mass is 79.9. The molecule has 13 heteroatoms. The number of halogens is 4. The molecule has 0 saturated carbocycles. The maximum absolute atomic E-state index is 5.85. The van der Waals surface area contributed by atoms with Gasteiger partial charge in [0, 0.05) is 10.7 Å². The number of hydrogen-bond acceptors (Lipinski definition) is 9. The molecule has 0 fully saturated rings. The molecule has 0 atom stereocenters. The maximum Gasteiger partial charge on any atom is 0.187 e. The molecule has 1 aromatic rings. The molecule has 0 spiro atoms. The smallest absolute Gasteiger partial charge is 0.187 e. The molecule has 0 aliphatic heterocycles. The van der Waals surface area contributed by atoms with Gasteiger partial charge in [-0.1, -0.05) is 31.9 Å². The molecular weight excluding hydrogens is 720 g/mol. The van der Waals surface area contributed by atoms with Gasteiger partial charge >= 0.3 is 0 Å². The summed E-state index contributed by atoms with van der Waals surface area (Å²) in [5.41, 5.74) is 0. The summed E-state index contributed by atoms with van der Waals surface area (Å²) in [5, 5.41) is 1.66. The van der Waals surface area contributed by atoms with E-state index in [2.05, 4.69) is 63.7 Å². The minimum absolute atomic E-state index is 0.402. The highest BCUT2D eigenvalue weighted by molar-refractivity contribution is 9.12. The Hall–Kier alpha value is 0.980. The van der Waals surface area contributed by atoms with Crippen molar-refractivity contribution in [3.05, 3.63) is 7.57 Å². The van der Waals surface area contributed by atoms with E-state index in [-0.39, 0.29) is 0 Å². The largest absolute Gasteiger partial charge is 0.485 e. The molecule has 194 valence electrons. The number of alkyl halides is 2. The summed E-state index contributed by atoms with van der Waals surface area (Å²) < 4.78 is 46.0. The fourth-order valence-corrected chi connectivity index (χ4v) is 5.51. The Kier molecular flexibility index (Phi) is 22.7. The fraction of sp³-hybridized carbons (Fsp3) is 0.800. The molecule has 0 amide bonds. The first-order chi connectivity index (χ1) is 16.2. The monoisotopic (exact) mass is 748 g/mol. The van der Waals surface area contributed by atoms with E-state index in [0.29, 0.717) is 104 Å². The Morgan fingerprint density at radius 3 is 1.00 bits per heavy atom. The van der Waals surface area contributed by atoms with E-state index in [1.54, 1.807) is 0 Å². The van der Waals surface area contributed by atoms with Crippen LogP contribution in [0.1, 0.15) is 0 Å². The summed E-state index contributed by atoms with van der Waals surface area (Å²) in [6.45, 7) is 7.44. The number of ether oxygens (including phenoxy) is 8. The zero-order valence-corrected chi connectivity index (χ0v) is 25.7. The second-order valence-corrected chi connectivity index (χ2v) is 11.3. The highest BCUT2D eigenvalue weighted by Gasteiger charge is 2.18. The van der Waals surface area contributed by atoms with Crippen molar-refractivity contribution in [3.8, 4) is 11.5 Å². The molecule has 1 heterocycles. The lowest BCUT2D eigenvalue weighted by Crippen LogP contribution is -2.14. The summed E-state index contributed by atoms with van der Waals surface area (Å²) >= 11 is 15.1. The van der Waals surface area contributed by atoms with E-state index in [1.807, 2.05) is 0 Å². The molecule has 0 unspecified atom stereocenters. The Morgan fingerprint density at radius 2 is 0.697 bits per heavy atom. The molecule has 0 N–H and O–H groups in total. The molecule has 0 bridgehead atoms. The predicted octanol–water partition coefficient (Wildman–Crippen LogP) is 4.92. The molecule has 0 radical (unpaired) electrons. The third-order valence-corrected chi connectivity index (χ3v) is 6.69. The van der Waals surface area contributed by atoms with E-state index in [9.17, 15) is 0 Å². The van der Waals surface area contributed by atoms with E-state index in [0.717, 1.165) is 18.2 Å². The van der Waals surface area contributed by atoms with Crippen molar-refractivity contribution in [2.75, 3.05) is 103 Å².